The van der Waals surface area contributed by atoms with Gasteiger partial charge in [-0.25, -0.2) is 9.97 Å². The van der Waals surface area contributed by atoms with E-state index >= 15 is 0 Å². The number of methoxy groups -OCH3 is 1. The third kappa shape index (κ3) is 3.33. The van der Waals surface area contributed by atoms with Gasteiger partial charge in [-0.15, -0.1) is 22.7 Å². The first-order valence-corrected chi connectivity index (χ1v) is 8.90. The van der Waals surface area contributed by atoms with Crippen LogP contribution in [0.5, 0.6) is 5.75 Å². The number of benzene rings is 1. The molecular weight excluding hydrogens is 368 g/mol. The summed E-state index contributed by atoms with van der Waals surface area (Å²) in [6, 6.07) is 6.00. The Hall–Kier alpha value is -1.24. The van der Waals surface area contributed by atoms with Gasteiger partial charge in [-0.3, -0.25) is 0 Å². The lowest BCUT2D eigenvalue weighted by Gasteiger charge is -2.04. The number of ether oxygens (including phenoxy) is 1. The minimum Gasteiger partial charge on any atom is -0.496 e. The van der Waals surface area contributed by atoms with Gasteiger partial charge in [0.15, 0.2) is 0 Å². The standard InChI is InChI=1S/C15H13BrN2OS2/c1-9-17-11(7-20-9)6-15-18-13(8-21-15)10-3-4-14(19-2)12(16)5-10/h3-5,7-8H,6H2,1-2H3. The highest BCUT2D eigenvalue weighted by Gasteiger charge is 2.09. The van der Waals surface area contributed by atoms with Gasteiger partial charge < -0.3 is 4.74 Å². The van der Waals surface area contributed by atoms with E-state index in [1.54, 1.807) is 29.8 Å². The molecule has 3 aromatic rings. The molecule has 0 aliphatic heterocycles. The van der Waals surface area contributed by atoms with Crippen molar-refractivity contribution in [1.82, 2.24) is 9.97 Å². The zero-order chi connectivity index (χ0) is 14.8. The minimum absolute atomic E-state index is 0.798. The zero-order valence-corrected chi connectivity index (χ0v) is 14.8. The lowest BCUT2D eigenvalue weighted by atomic mass is 10.2. The quantitative estimate of drug-likeness (QED) is 0.642. The van der Waals surface area contributed by atoms with E-state index in [4.69, 9.17) is 9.72 Å². The van der Waals surface area contributed by atoms with Crippen molar-refractivity contribution in [2.24, 2.45) is 0 Å². The number of thiazole rings is 2. The van der Waals surface area contributed by atoms with Crippen molar-refractivity contribution < 1.29 is 4.74 Å². The molecule has 0 spiro atoms. The van der Waals surface area contributed by atoms with Crippen LogP contribution in [0.1, 0.15) is 15.7 Å². The fourth-order valence-corrected chi connectivity index (χ4v) is 3.97. The maximum atomic E-state index is 5.25. The molecule has 0 radical (unpaired) electrons. The van der Waals surface area contributed by atoms with Crippen molar-refractivity contribution >= 4 is 38.6 Å². The lowest BCUT2D eigenvalue weighted by molar-refractivity contribution is 0.412. The summed E-state index contributed by atoms with van der Waals surface area (Å²) in [5, 5.41) is 6.37. The second-order valence-electron chi connectivity index (χ2n) is 4.51. The van der Waals surface area contributed by atoms with Gasteiger partial charge in [0.25, 0.3) is 0 Å². The number of aryl methyl sites for hydroxylation is 1. The van der Waals surface area contributed by atoms with Crippen LogP contribution in [-0.2, 0) is 6.42 Å². The van der Waals surface area contributed by atoms with E-state index in [9.17, 15) is 0 Å². The van der Waals surface area contributed by atoms with Crippen LogP contribution in [0, 0.1) is 6.92 Å². The van der Waals surface area contributed by atoms with Crippen LogP contribution in [0.4, 0.5) is 0 Å². The van der Waals surface area contributed by atoms with Gasteiger partial charge in [0.1, 0.15) is 5.75 Å². The van der Waals surface area contributed by atoms with E-state index in [0.717, 1.165) is 43.6 Å². The highest BCUT2D eigenvalue weighted by molar-refractivity contribution is 9.10. The molecule has 3 nitrogen and oxygen atoms in total. The number of aromatic nitrogens is 2. The number of nitrogens with zero attached hydrogens (tertiary/aromatic N) is 2. The molecule has 1 aromatic carbocycles. The van der Waals surface area contributed by atoms with Crippen molar-refractivity contribution in [3.05, 3.63) is 49.1 Å². The SMILES string of the molecule is COc1ccc(-c2csc(Cc3csc(C)n3)n2)cc1Br. The molecule has 0 aliphatic carbocycles. The molecule has 0 unspecified atom stereocenters. The van der Waals surface area contributed by atoms with Crippen LogP contribution in [0.15, 0.2) is 33.4 Å². The summed E-state index contributed by atoms with van der Waals surface area (Å²) in [7, 11) is 1.66. The third-order valence-corrected chi connectivity index (χ3v) is 5.29. The van der Waals surface area contributed by atoms with Gasteiger partial charge in [-0.2, -0.15) is 0 Å². The van der Waals surface area contributed by atoms with E-state index in [0.29, 0.717) is 0 Å². The lowest BCUT2D eigenvalue weighted by Crippen LogP contribution is -1.89. The molecule has 0 saturated heterocycles. The van der Waals surface area contributed by atoms with Crippen LogP contribution < -0.4 is 4.74 Å². The molecule has 0 fully saturated rings. The fraction of sp³-hybridized carbons (Fsp3) is 0.200. The van der Waals surface area contributed by atoms with Crippen molar-refractivity contribution in [3.8, 4) is 17.0 Å². The zero-order valence-electron chi connectivity index (χ0n) is 11.6. The van der Waals surface area contributed by atoms with Crippen LogP contribution in [0.25, 0.3) is 11.3 Å². The van der Waals surface area contributed by atoms with Crippen molar-refractivity contribution in [2.45, 2.75) is 13.3 Å². The van der Waals surface area contributed by atoms with Gasteiger partial charge in [-0.05, 0) is 41.1 Å². The average Bonchev–Trinajstić information content (AvgIpc) is 3.08. The van der Waals surface area contributed by atoms with Crippen LogP contribution in [0.2, 0.25) is 0 Å². The molecule has 0 amide bonds. The Balaban J connectivity index is 1.82. The molecule has 108 valence electrons. The predicted octanol–water partition coefficient (Wildman–Crippen LogP) is 4.94. The fourth-order valence-electron chi connectivity index (χ4n) is 1.99. The van der Waals surface area contributed by atoms with Crippen LogP contribution in [-0.4, -0.2) is 17.1 Å². The Labute approximate surface area is 139 Å². The monoisotopic (exact) mass is 380 g/mol. The Morgan fingerprint density at radius 1 is 1.19 bits per heavy atom. The van der Waals surface area contributed by atoms with Crippen molar-refractivity contribution in [2.75, 3.05) is 7.11 Å². The van der Waals surface area contributed by atoms with E-state index in [1.807, 2.05) is 25.1 Å². The Kier molecular flexibility index (Phi) is 4.37. The molecule has 2 aromatic heterocycles. The van der Waals surface area contributed by atoms with Crippen molar-refractivity contribution in [3.63, 3.8) is 0 Å². The summed E-state index contributed by atoms with van der Waals surface area (Å²) in [5.41, 5.74) is 3.17. The minimum atomic E-state index is 0.798. The number of hydrogen-bond donors (Lipinski definition) is 0. The van der Waals surface area contributed by atoms with E-state index in [2.05, 4.69) is 31.7 Å². The summed E-state index contributed by atoms with van der Waals surface area (Å²) in [6.45, 7) is 2.02. The van der Waals surface area contributed by atoms with E-state index < -0.39 is 0 Å². The first-order chi connectivity index (χ1) is 10.2. The van der Waals surface area contributed by atoms with Crippen molar-refractivity contribution in [1.29, 1.82) is 0 Å². The number of hydrogen-bond acceptors (Lipinski definition) is 5. The van der Waals surface area contributed by atoms with Crippen LogP contribution in [0.3, 0.4) is 0 Å². The second-order valence-corrected chi connectivity index (χ2v) is 7.37. The maximum Gasteiger partial charge on any atom is 0.133 e. The molecular formula is C15H13BrN2OS2. The first kappa shape index (κ1) is 14.7. The molecule has 3 rings (SSSR count). The first-order valence-electron chi connectivity index (χ1n) is 6.35. The highest BCUT2D eigenvalue weighted by atomic mass is 79.9. The maximum absolute atomic E-state index is 5.25. The van der Waals surface area contributed by atoms with Gasteiger partial charge in [0, 0.05) is 22.7 Å². The van der Waals surface area contributed by atoms with E-state index in [-0.39, 0.29) is 0 Å². The van der Waals surface area contributed by atoms with Gasteiger partial charge in [-0.1, -0.05) is 0 Å². The number of halogens is 1. The molecule has 6 heteroatoms. The van der Waals surface area contributed by atoms with Gasteiger partial charge >= 0.3 is 0 Å². The van der Waals surface area contributed by atoms with Gasteiger partial charge in [0.05, 0.1) is 33.0 Å². The average molecular weight is 381 g/mol. The second kappa shape index (κ2) is 6.25. The van der Waals surface area contributed by atoms with Gasteiger partial charge in [0.2, 0.25) is 0 Å². The smallest absolute Gasteiger partial charge is 0.133 e. The Morgan fingerprint density at radius 3 is 2.71 bits per heavy atom. The molecule has 21 heavy (non-hydrogen) atoms. The largest absolute Gasteiger partial charge is 0.496 e. The summed E-state index contributed by atoms with van der Waals surface area (Å²) < 4.78 is 6.19. The molecule has 0 saturated carbocycles. The third-order valence-electron chi connectivity index (χ3n) is 3.00. The number of rotatable bonds is 4. The summed E-state index contributed by atoms with van der Waals surface area (Å²) in [6.07, 6.45) is 0.798. The van der Waals surface area contributed by atoms with E-state index in [1.165, 1.54) is 0 Å². The Bertz CT molecular complexity index is 767. The summed E-state index contributed by atoms with van der Waals surface area (Å²) in [4.78, 5) is 9.19. The summed E-state index contributed by atoms with van der Waals surface area (Å²) >= 11 is 6.86. The predicted molar refractivity (Wildman–Crippen MR) is 91.5 cm³/mol. The normalized spacial score (nSPS) is 10.8. The molecule has 0 aliphatic rings. The molecule has 0 bridgehead atoms. The highest BCUT2D eigenvalue weighted by Crippen LogP contribution is 2.31. The van der Waals surface area contributed by atoms with Crippen LogP contribution >= 0.6 is 38.6 Å². The molecule has 2 heterocycles. The topological polar surface area (TPSA) is 35.0 Å². The Morgan fingerprint density at radius 2 is 2.05 bits per heavy atom. The summed E-state index contributed by atoms with van der Waals surface area (Å²) in [5.74, 6) is 0.826. The molecule has 0 atom stereocenters. The molecule has 0 N–H and O–H groups in total.